The molecule has 1 heteroatoms. The maximum Gasteiger partial charge on any atom is 0.0234 e. The molecule has 24 heavy (non-hydrogen) atoms. The second-order valence-corrected chi connectivity index (χ2v) is 7.78. The lowest BCUT2D eigenvalue weighted by Gasteiger charge is -2.37. The molecule has 1 heterocycles. The predicted molar refractivity (Wildman–Crippen MR) is 102 cm³/mol. The zero-order valence-electron chi connectivity index (χ0n) is 14.8. The third kappa shape index (κ3) is 2.71. The molecule has 124 valence electrons. The van der Waals surface area contributed by atoms with E-state index < -0.39 is 0 Å². The Hall–Kier alpha value is -1.86. The Morgan fingerprint density at radius 3 is 2.75 bits per heavy atom. The number of rotatable bonds is 3. The van der Waals surface area contributed by atoms with Crippen molar-refractivity contribution in [1.29, 1.82) is 0 Å². The van der Waals surface area contributed by atoms with E-state index in [-0.39, 0.29) is 0 Å². The van der Waals surface area contributed by atoms with Crippen LogP contribution < -0.4 is 0 Å². The largest absolute Gasteiger partial charge is 0.298 e. The summed E-state index contributed by atoms with van der Waals surface area (Å²) in [4.78, 5) is 2.66. The van der Waals surface area contributed by atoms with Gasteiger partial charge in [-0.2, -0.15) is 0 Å². The summed E-state index contributed by atoms with van der Waals surface area (Å²) in [6.45, 7) is 8.12. The zero-order valence-corrected chi connectivity index (χ0v) is 14.8. The quantitative estimate of drug-likeness (QED) is 0.745. The summed E-state index contributed by atoms with van der Waals surface area (Å²) in [6, 6.07) is 17.8. The van der Waals surface area contributed by atoms with Crippen molar-refractivity contribution >= 4 is 6.08 Å². The molecule has 2 aliphatic rings. The molecule has 1 aliphatic heterocycles. The van der Waals surface area contributed by atoms with Crippen LogP contribution in [0.5, 0.6) is 0 Å². The SMILES string of the molecule is CC=Cc1cccc2c1CC[C@@]1(C)CN(Cc3ccccc3)C[C@H]21. The predicted octanol–water partition coefficient (Wildman–Crippen LogP) is 5.27. The lowest BCUT2D eigenvalue weighted by Crippen LogP contribution is -2.31. The van der Waals surface area contributed by atoms with Gasteiger partial charge in [-0.25, -0.2) is 0 Å². The van der Waals surface area contributed by atoms with Gasteiger partial charge in [-0.3, -0.25) is 4.90 Å². The molecule has 0 saturated carbocycles. The minimum Gasteiger partial charge on any atom is -0.298 e. The molecular formula is C23H27N. The van der Waals surface area contributed by atoms with Gasteiger partial charge in [0.2, 0.25) is 0 Å². The highest BCUT2D eigenvalue weighted by Gasteiger charge is 2.46. The van der Waals surface area contributed by atoms with E-state index in [0.29, 0.717) is 11.3 Å². The normalized spacial score (nSPS) is 26.5. The maximum atomic E-state index is 2.66. The van der Waals surface area contributed by atoms with E-state index >= 15 is 0 Å². The first-order valence-corrected chi connectivity index (χ1v) is 9.20. The number of fused-ring (bicyclic) bond motifs is 3. The average molecular weight is 317 g/mol. The van der Waals surface area contributed by atoms with E-state index in [4.69, 9.17) is 0 Å². The lowest BCUT2D eigenvalue weighted by atomic mass is 9.66. The Bertz CT molecular complexity index is 746. The smallest absolute Gasteiger partial charge is 0.0234 e. The van der Waals surface area contributed by atoms with Crippen molar-refractivity contribution in [3.63, 3.8) is 0 Å². The van der Waals surface area contributed by atoms with Gasteiger partial charge in [-0.05, 0) is 47.4 Å². The summed E-state index contributed by atoms with van der Waals surface area (Å²) in [5.41, 5.74) is 6.49. The summed E-state index contributed by atoms with van der Waals surface area (Å²) in [6.07, 6.45) is 6.98. The van der Waals surface area contributed by atoms with Crippen LogP contribution in [-0.2, 0) is 13.0 Å². The Labute approximate surface area is 146 Å². The monoisotopic (exact) mass is 317 g/mol. The first-order chi connectivity index (χ1) is 11.7. The van der Waals surface area contributed by atoms with Crippen molar-refractivity contribution in [3.05, 3.63) is 76.9 Å². The van der Waals surface area contributed by atoms with E-state index in [1.807, 2.05) is 0 Å². The number of likely N-dealkylation sites (tertiary alicyclic amines) is 1. The van der Waals surface area contributed by atoms with Gasteiger partial charge >= 0.3 is 0 Å². The van der Waals surface area contributed by atoms with Crippen LogP contribution in [0.2, 0.25) is 0 Å². The van der Waals surface area contributed by atoms with Gasteiger partial charge in [0.25, 0.3) is 0 Å². The Morgan fingerprint density at radius 1 is 1.12 bits per heavy atom. The van der Waals surface area contributed by atoms with Crippen molar-refractivity contribution in [2.24, 2.45) is 5.41 Å². The van der Waals surface area contributed by atoms with Crippen molar-refractivity contribution in [2.45, 2.75) is 39.2 Å². The molecule has 1 saturated heterocycles. The standard InChI is InChI=1S/C23H27N/c1-3-8-19-11-7-12-21-20(19)13-14-23(2)17-24(16-22(21)23)15-18-9-5-4-6-10-18/h3-12,22H,13-17H2,1-2H3/t22-,23+/m1/s1. The number of hydrogen-bond donors (Lipinski definition) is 0. The Morgan fingerprint density at radius 2 is 1.96 bits per heavy atom. The first kappa shape index (κ1) is 15.7. The fourth-order valence-corrected chi connectivity index (χ4v) is 4.84. The molecule has 0 aromatic heterocycles. The fourth-order valence-electron chi connectivity index (χ4n) is 4.84. The van der Waals surface area contributed by atoms with Crippen LogP contribution >= 0.6 is 0 Å². The highest BCUT2D eigenvalue weighted by atomic mass is 15.2. The molecule has 0 unspecified atom stereocenters. The van der Waals surface area contributed by atoms with Crippen LogP contribution in [0, 0.1) is 5.41 Å². The minimum absolute atomic E-state index is 0.427. The second-order valence-electron chi connectivity index (χ2n) is 7.78. The van der Waals surface area contributed by atoms with Crippen molar-refractivity contribution in [3.8, 4) is 0 Å². The molecular weight excluding hydrogens is 290 g/mol. The van der Waals surface area contributed by atoms with E-state index in [0.717, 1.165) is 6.54 Å². The van der Waals surface area contributed by atoms with Crippen LogP contribution in [0.1, 0.15) is 48.4 Å². The van der Waals surface area contributed by atoms with E-state index in [1.54, 1.807) is 11.1 Å². The van der Waals surface area contributed by atoms with E-state index in [2.05, 4.69) is 79.4 Å². The number of nitrogens with zero attached hydrogens (tertiary/aromatic N) is 1. The van der Waals surface area contributed by atoms with Gasteiger partial charge in [0, 0.05) is 25.6 Å². The molecule has 0 radical (unpaired) electrons. The van der Waals surface area contributed by atoms with Crippen LogP contribution in [0.4, 0.5) is 0 Å². The third-order valence-corrected chi connectivity index (χ3v) is 6.03. The highest BCUT2D eigenvalue weighted by molar-refractivity contribution is 5.57. The van der Waals surface area contributed by atoms with Gasteiger partial charge in [0.15, 0.2) is 0 Å². The molecule has 2 aromatic carbocycles. The van der Waals surface area contributed by atoms with Crippen molar-refractivity contribution < 1.29 is 0 Å². The zero-order chi connectivity index (χ0) is 16.6. The Kier molecular flexibility index (Phi) is 4.05. The molecule has 2 atom stereocenters. The first-order valence-electron chi connectivity index (χ1n) is 9.20. The van der Waals surface area contributed by atoms with Crippen LogP contribution in [0.3, 0.4) is 0 Å². The lowest BCUT2D eigenvalue weighted by molar-refractivity contribution is 0.240. The summed E-state index contributed by atoms with van der Waals surface area (Å²) in [7, 11) is 0. The van der Waals surface area contributed by atoms with Crippen molar-refractivity contribution in [2.75, 3.05) is 13.1 Å². The van der Waals surface area contributed by atoms with Gasteiger partial charge in [-0.15, -0.1) is 0 Å². The fraction of sp³-hybridized carbons (Fsp3) is 0.391. The summed E-state index contributed by atoms with van der Waals surface area (Å²) >= 11 is 0. The molecule has 1 nitrogen and oxygen atoms in total. The minimum atomic E-state index is 0.427. The molecule has 1 fully saturated rings. The summed E-state index contributed by atoms with van der Waals surface area (Å²) in [5, 5.41) is 0. The highest BCUT2D eigenvalue weighted by Crippen LogP contribution is 2.51. The van der Waals surface area contributed by atoms with Crippen molar-refractivity contribution in [1.82, 2.24) is 4.90 Å². The second kappa shape index (κ2) is 6.22. The van der Waals surface area contributed by atoms with Crippen LogP contribution in [0.25, 0.3) is 6.08 Å². The molecule has 0 spiro atoms. The molecule has 2 aromatic rings. The van der Waals surface area contributed by atoms with Gasteiger partial charge in [0.05, 0.1) is 0 Å². The summed E-state index contributed by atoms with van der Waals surface area (Å²) < 4.78 is 0. The molecule has 4 rings (SSSR count). The van der Waals surface area contributed by atoms with Gasteiger partial charge < -0.3 is 0 Å². The van der Waals surface area contributed by atoms with E-state index in [9.17, 15) is 0 Å². The third-order valence-electron chi connectivity index (χ3n) is 6.03. The maximum absolute atomic E-state index is 2.66. The molecule has 1 aliphatic carbocycles. The van der Waals surface area contributed by atoms with Crippen LogP contribution in [0.15, 0.2) is 54.6 Å². The number of hydrogen-bond acceptors (Lipinski definition) is 1. The molecule has 0 amide bonds. The number of allylic oxidation sites excluding steroid dienone is 1. The van der Waals surface area contributed by atoms with Gasteiger partial charge in [-0.1, -0.05) is 67.6 Å². The topological polar surface area (TPSA) is 3.24 Å². The molecule has 0 N–H and O–H groups in total. The molecule has 0 bridgehead atoms. The average Bonchev–Trinajstić information content (AvgIpc) is 2.93. The number of benzene rings is 2. The van der Waals surface area contributed by atoms with E-state index in [1.165, 1.54) is 37.1 Å². The van der Waals surface area contributed by atoms with Gasteiger partial charge in [0.1, 0.15) is 0 Å². The summed E-state index contributed by atoms with van der Waals surface area (Å²) in [5.74, 6) is 0.676. The Balaban J connectivity index is 1.62. The van der Waals surface area contributed by atoms with Crippen LogP contribution in [-0.4, -0.2) is 18.0 Å².